The highest BCUT2D eigenvalue weighted by Crippen LogP contribution is 2.34. The van der Waals surface area contributed by atoms with Gasteiger partial charge in [0.05, 0.1) is 5.02 Å². The highest BCUT2D eigenvalue weighted by atomic mass is 35.5. The number of hydrogen-bond acceptors (Lipinski definition) is 4. The summed E-state index contributed by atoms with van der Waals surface area (Å²) in [6, 6.07) is 22.7. The number of azo groups is 1. The lowest BCUT2D eigenvalue weighted by molar-refractivity contribution is 0.102. The monoisotopic (exact) mass is 435 g/mol. The number of benzene rings is 4. The second kappa shape index (κ2) is 8.53. The number of nitrogens with one attached hydrogen (secondary N) is 1. The summed E-state index contributed by atoms with van der Waals surface area (Å²) in [5, 5.41) is 24.0. The highest BCUT2D eigenvalue weighted by Gasteiger charge is 2.09. The zero-order valence-corrected chi connectivity index (χ0v) is 17.0. The van der Waals surface area contributed by atoms with Crippen LogP contribution in [-0.2, 0) is 0 Å². The molecule has 4 aromatic carbocycles. The third kappa shape index (κ3) is 4.43. The van der Waals surface area contributed by atoms with E-state index in [1.807, 2.05) is 36.4 Å². The predicted octanol–water partition coefficient (Wildman–Crippen LogP) is 7.52. The first kappa shape index (κ1) is 19.9. The molecule has 30 heavy (non-hydrogen) atoms. The minimum Gasteiger partial charge on any atom is -0.506 e. The first-order chi connectivity index (χ1) is 14.5. The van der Waals surface area contributed by atoms with Gasteiger partial charge >= 0.3 is 0 Å². The Hall–Kier alpha value is -3.41. The van der Waals surface area contributed by atoms with E-state index in [0.717, 1.165) is 10.8 Å². The van der Waals surface area contributed by atoms with Crippen molar-refractivity contribution in [2.45, 2.75) is 0 Å². The number of halogens is 2. The average molecular weight is 436 g/mol. The molecule has 0 atom stereocenters. The lowest BCUT2D eigenvalue weighted by Gasteiger charge is -2.08. The molecule has 0 aromatic heterocycles. The molecule has 0 radical (unpaired) electrons. The normalized spacial score (nSPS) is 11.1. The Morgan fingerprint density at radius 1 is 0.800 bits per heavy atom. The van der Waals surface area contributed by atoms with Gasteiger partial charge in [0.1, 0.15) is 17.1 Å². The molecule has 4 aromatic rings. The molecule has 7 heteroatoms. The van der Waals surface area contributed by atoms with Crippen molar-refractivity contribution in [3.8, 4) is 5.75 Å². The van der Waals surface area contributed by atoms with Gasteiger partial charge in [-0.15, -0.1) is 10.2 Å². The summed E-state index contributed by atoms with van der Waals surface area (Å²) in [6.07, 6.45) is 0. The van der Waals surface area contributed by atoms with Crippen molar-refractivity contribution in [3.05, 3.63) is 94.5 Å². The SMILES string of the molecule is O=C(Nc1ccc(N=Nc2cc(Cl)ccc2Cl)c(O)c1)c1ccc2ccccc2c1. The molecule has 4 rings (SSSR count). The molecule has 5 nitrogen and oxygen atoms in total. The molecule has 0 fully saturated rings. The molecule has 0 unspecified atom stereocenters. The van der Waals surface area contributed by atoms with Gasteiger partial charge in [0.15, 0.2) is 0 Å². The lowest BCUT2D eigenvalue weighted by Crippen LogP contribution is -2.11. The molecule has 0 aliphatic heterocycles. The third-order valence-corrected chi connectivity index (χ3v) is 4.97. The van der Waals surface area contributed by atoms with Gasteiger partial charge < -0.3 is 10.4 Å². The van der Waals surface area contributed by atoms with Gasteiger partial charge in [-0.1, -0.05) is 53.5 Å². The molecule has 0 heterocycles. The van der Waals surface area contributed by atoms with E-state index in [-0.39, 0.29) is 17.3 Å². The second-order valence-corrected chi connectivity index (χ2v) is 7.36. The molecular formula is C23H15Cl2N3O2. The number of carbonyl (C=O) groups is 1. The van der Waals surface area contributed by atoms with Crippen LogP contribution in [0.3, 0.4) is 0 Å². The summed E-state index contributed by atoms with van der Waals surface area (Å²) in [7, 11) is 0. The van der Waals surface area contributed by atoms with E-state index in [1.165, 1.54) is 6.07 Å². The fourth-order valence-electron chi connectivity index (χ4n) is 2.89. The molecule has 0 saturated carbocycles. The predicted molar refractivity (Wildman–Crippen MR) is 121 cm³/mol. The van der Waals surface area contributed by atoms with Crippen LogP contribution >= 0.6 is 23.2 Å². The standard InChI is InChI=1S/C23H15Cl2N3O2/c24-17-7-9-19(25)21(12-17)28-27-20-10-8-18(13-22(20)29)26-23(30)16-6-5-14-3-1-2-4-15(14)11-16/h1-13,29H,(H,26,30). The minimum atomic E-state index is -0.278. The Labute approximate surface area is 182 Å². The van der Waals surface area contributed by atoms with E-state index < -0.39 is 0 Å². The Balaban J connectivity index is 1.51. The molecule has 2 N–H and O–H groups in total. The van der Waals surface area contributed by atoms with Crippen LogP contribution in [0.15, 0.2) is 89.1 Å². The van der Waals surface area contributed by atoms with Crippen LogP contribution in [0.1, 0.15) is 10.4 Å². The zero-order chi connectivity index (χ0) is 21.1. The van der Waals surface area contributed by atoms with Crippen molar-refractivity contribution in [1.29, 1.82) is 0 Å². The number of phenols is 1. The van der Waals surface area contributed by atoms with Crippen LogP contribution in [0.5, 0.6) is 5.75 Å². The number of carbonyl (C=O) groups excluding carboxylic acids is 1. The maximum Gasteiger partial charge on any atom is 0.255 e. The van der Waals surface area contributed by atoms with Gasteiger partial charge in [-0.2, -0.15) is 0 Å². The fourth-order valence-corrected chi connectivity index (χ4v) is 3.21. The Kier molecular flexibility index (Phi) is 5.65. The Morgan fingerprint density at radius 2 is 1.57 bits per heavy atom. The average Bonchev–Trinajstić information content (AvgIpc) is 2.75. The summed E-state index contributed by atoms with van der Waals surface area (Å²) < 4.78 is 0. The number of anilines is 1. The van der Waals surface area contributed by atoms with Gasteiger partial charge in [0.2, 0.25) is 0 Å². The van der Waals surface area contributed by atoms with Crippen molar-refractivity contribution in [2.75, 3.05) is 5.32 Å². The zero-order valence-electron chi connectivity index (χ0n) is 15.5. The molecule has 0 bridgehead atoms. The van der Waals surface area contributed by atoms with Crippen molar-refractivity contribution in [3.63, 3.8) is 0 Å². The first-order valence-corrected chi connectivity index (χ1v) is 9.75. The number of phenolic OH excluding ortho intramolecular Hbond substituents is 1. The van der Waals surface area contributed by atoms with Crippen molar-refractivity contribution in [2.24, 2.45) is 10.2 Å². The fraction of sp³-hybridized carbons (Fsp3) is 0. The number of aromatic hydroxyl groups is 1. The largest absolute Gasteiger partial charge is 0.506 e. The minimum absolute atomic E-state index is 0.131. The quantitative estimate of drug-likeness (QED) is 0.325. The van der Waals surface area contributed by atoms with E-state index in [4.69, 9.17) is 23.2 Å². The molecular weight excluding hydrogens is 421 g/mol. The highest BCUT2D eigenvalue weighted by molar-refractivity contribution is 6.35. The van der Waals surface area contributed by atoms with E-state index in [2.05, 4.69) is 15.5 Å². The van der Waals surface area contributed by atoms with E-state index in [9.17, 15) is 9.90 Å². The van der Waals surface area contributed by atoms with Gasteiger partial charge in [0.25, 0.3) is 5.91 Å². The number of rotatable bonds is 4. The Morgan fingerprint density at radius 3 is 2.37 bits per heavy atom. The van der Waals surface area contributed by atoms with Gasteiger partial charge in [-0.25, -0.2) is 0 Å². The van der Waals surface area contributed by atoms with Crippen LogP contribution in [0.4, 0.5) is 17.1 Å². The molecule has 0 spiro atoms. The van der Waals surface area contributed by atoms with Crippen LogP contribution in [0, 0.1) is 0 Å². The van der Waals surface area contributed by atoms with Crippen LogP contribution in [-0.4, -0.2) is 11.0 Å². The second-order valence-electron chi connectivity index (χ2n) is 6.52. The Bertz CT molecular complexity index is 1290. The summed E-state index contributed by atoms with van der Waals surface area (Å²) in [6.45, 7) is 0. The van der Waals surface area contributed by atoms with Crippen molar-refractivity contribution >= 4 is 56.9 Å². The lowest BCUT2D eigenvalue weighted by atomic mass is 10.1. The van der Waals surface area contributed by atoms with E-state index in [1.54, 1.807) is 36.4 Å². The number of amides is 1. The van der Waals surface area contributed by atoms with Crippen LogP contribution in [0.2, 0.25) is 10.0 Å². The van der Waals surface area contributed by atoms with E-state index >= 15 is 0 Å². The smallest absolute Gasteiger partial charge is 0.255 e. The van der Waals surface area contributed by atoms with E-state index in [0.29, 0.717) is 27.0 Å². The van der Waals surface area contributed by atoms with Gasteiger partial charge in [-0.3, -0.25) is 4.79 Å². The van der Waals surface area contributed by atoms with Crippen molar-refractivity contribution < 1.29 is 9.90 Å². The van der Waals surface area contributed by atoms with Gasteiger partial charge in [0, 0.05) is 22.3 Å². The maximum absolute atomic E-state index is 12.6. The molecule has 1 amide bonds. The van der Waals surface area contributed by atoms with Crippen LogP contribution < -0.4 is 5.32 Å². The number of nitrogens with zero attached hydrogens (tertiary/aromatic N) is 2. The molecule has 0 aliphatic rings. The van der Waals surface area contributed by atoms with Crippen LogP contribution in [0.25, 0.3) is 10.8 Å². The molecule has 148 valence electrons. The molecule has 0 aliphatic carbocycles. The van der Waals surface area contributed by atoms with Crippen molar-refractivity contribution in [1.82, 2.24) is 0 Å². The summed E-state index contributed by atoms with van der Waals surface area (Å²) >= 11 is 12.0. The number of fused-ring (bicyclic) bond motifs is 1. The first-order valence-electron chi connectivity index (χ1n) is 8.99. The van der Waals surface area contributed by atoms with Gasteiger partial charge in [-0.05, 0) is 53.2 Å². The summed E-state index contributed by atoms with van der Waals surface area (Å²) in [5.41, 5.74) is 1.57. The molecule has 0 saturated heterocycles. The number of hydrogen-bond donors (Lipinski definition) is 2. The summed E-state index contributed by atoms with van der Waals surface area (Å²) in [4.78, 5) is 12.6. The summed E-state index contributed by atoms with van der Waals surface area (Å²) in [5.74, 6) is -0.409. The maximum atomic E-state index is 12.6. The topological polar surface area (TPSA) is 74.0 Å². The third-order valence-electron chi connectivity index (χ3n) is 4.42.